The molecule has 0 saturated carbocycles. The van der Waals surface area contributed by atoms with Crippen LogP contribution in [0.5, 0.6) is 0 Å². The van der Waals surface area contributed by atoms with Crippen LogP contribution in [-0.2, 0) is 18.9 Å². The number of alkyl halides is 6. The molecule has 0 aliphatic carbocycles. The number of thioether (sulfide) groups is 1. The molecule has 2 aromatic carbocycles. The molecule has 0 radical (unpaired) electrons. The van der Waals surface area contributed by atoms with Crippen molar-refractivity contribution >= 4 is 17.7 Å². The molecule has 0 amide bonds. The third-order valence-corrected chi connectivity index (χ3v) is 5.21. The number of carboxylic acids is 1. The number of carbonyl (C=O) groups is 1. The van der Waals surface area contributed by atoms with Gasteiger partial charge in [0.1, 0.15) is 11.4 Å². The van der Waals surface area contributed by atoms with Crippen LogP contribution in [0.25, 0.3) is 11.3 Å². The minimum absolute atomic E-state index is 0.00695. The van der Waals surface area contributed by atoms with Crippen molar-refractivity contribution < 1.29 is 40.6 Å². The highest BCUT2D eigenvalue weighted by Gasteiger charge is 2.36. The van der Waals surface area contributed by atoms with E-state index in [4.69, 9.17) is 0 Å². The first kappa shape index (κ1) is 29.0. The number of halogens is 7. The van der Waals surface area contributed by atoms with Gasteiger partial charge in [-0.05, 0) is 67.8 Å². The van der Waals surface area contributed by atoms with Crippen LogP contribution >= 0.6 is 11.8 Å². The third-order valence-electron chi connectivity index (χ3n) is 4.65. The van der Waals surface area contributed by atoms with E-state index in [1.807, 2.05) is 0 Å². The van der Waals surface area contributed by atoms with Crippen molar-refractivity contribution in [3.8, 4) is 11.3 Å². The molecule has 0 spiro atoms. The summed E-state index contributed by atoms with van der Waals surface area (Å²) in [6.45, 7) is 1.65. The number of benzene rings is 2. The number of rotatable bonds is 5. The summed E-state index contributed by atoms with van der Waals surface area (Å²) in [5.74, 6) is -1.47. The first-order valence-corrected chi connectivity index (χ1v) is 11.2. The van der Waals surface area contributed by atoms with Gasteiger partial charge in [0.2, 0.25) is 0 Å². The van der Waals surface area contributed by atoms with Crippen molar-refractivity contribution in [2.75, 3.05) is 13.3 Å². The maximum absolute atomic E-state index is 13.1. The molecule has 0 unspecified atom stereocenters. The van der Waals surface area contributed by atoms with E-state index in [1.54, 1.807) is 13.2 Å². The second-order valence-corrected chi connectivity index (χ2v) is 8.10. The smallest absolute Gasteiger partial charge is 0.416 e. The van der Waals surface area contributed by atoms with Crippen molar-refractivity contribution in [1.82, 2.24) is 15.3 Å². The van der Waals surface area contributed by atoms with Crippen LogP contribution in [0, 0.1) is 12.7 Å². The Kier molecular flexibility index (Phi) is 9.44. The highest BCUT2D eigenvalue weighted by atomic mass is 32.2. The summed E-state index contributed by atoms with van der Waals surface area (Å²) in [6, 6.07) is 5.68. The summed E-state index contributed by atoms with van der Waals surface area (Å²) in [5, 5.41) is 12.2. The Morgan fingerprint density at radius 1 is 1.03 bits per heavy atom. The fourth-order valence-corrected chi connectivity index (χ4v) is 3.38. The van der Waals surface area contributed by atoms with Crippen molar-refractivity contribution in [3.05, 3.63) is 76.2 Å². The Labute approximate surface area is 205 Å². The second kappa shape index (κ2) is 11.7. The van der Waals surface area contributed by atoms with Gasteiger partial charge in [-0.3, -0.25) is 0 Å². The maximum atomic E-state index is 13.1. The molecular formula is C23H20F7N3O2S. The largest absolute Gasteiger partial charge is 0.478 e. The first-order valence-electron chi connectivity index (χ1n) is 10.0. The molecule has 0 aliphatic rings. The van der Waals surface area contributed by atoms with Crippen LogP contribution < -0.4 is 5.32 Å². The zero-order valence-electron chi connectivity index (χ0n) is 19.1. The summed E-state index contributed by atoms with van der Waals surface area (Å²) in [7, 11) is 1.44. The Morgan fingerprint density at radius 3 is 2.06 bits per heavy atom. The topological polar surface area (TPSA) is 75.1 Å². The number of aryl methyl sites for hydroxylation is 1. The molecule has 36 heavy (non-hydrogen) atoms. The Morgan fingerprint density at radius 2 is 1.61 bits per heavy atom. The summed E-state index contributed by atoms with van der Waals surface area (Å²) in [6.07, 6.45) is -6.50. The van der Waals surface area contributed by atoms with Gasteiger partial charge in [-0.1, -0.05) is 11.8 Å². The Bertz CT molecular complexity index is 1200. The molecule has 0 saturated heterocycles. The van der Waals surface area contributed by atoms with Gasteiger partial charge in [-0.25, -0.2) is 19.2 Å². The summed E-state index contributed by atoms with van der Waals surface area (Å²) in [5.41, 5.74) is -1.11. The standard InChI is InChI=1S/C13H11FN2O2S.C10H9F6N/c1-7-5-8(14)3-4-9(7)11-10(12(17)18)6-15-13(16-11)19-2;1-17-5-6-2-7(9(11,12)13)4-8(3-6)10(14,15)16/h3-6H,1-2H3,(H,17,18);2-4,17H,5H2,1H3. The molecule has 1 heterocycles. The van der Waals surface area contributed by atoms with E-state index in [-0.39, 0.29) is 29.6 Å². The molecular weight excluding hydrogens is 515 g/mol. The van der Waals surface area contributed by atoms with Crippen LogP contribution in [-0.4, -0.2) is 34.3 Å². The molecule has 13 heteroatoms. The molecule has 0 bridgehead atoms. The fourth-order valence-electron chi connectivity index (χ4n) is 3.04. The van der Waals surface area contributed by atoms with Crippen LogP contribution in [0.3, 0.4) is 0 Å². The molecule has 0 fully saturated rings. The van der Waals surface area contributed by atoms with Gasteiger partial charge in [0, 0.05) is 18.3 Å². The number of nitrogens with one attached hydrogen (secondary N) is 1. The molecule has 194 valence electrons. The molecule has 5 nitrogen and oxygen atoms in total. The lowest BCUT2D eigenvalue weighted by Crippen LogP contribution is -2.14. The lowest BCUT2D eigenvalue weighted by molar-refractivity contribution is -0.143. The number of hydrogen-bond acceptors (Lipinski definition) is 5. The lowest BCUT2D eigenvalue weighted by Gasteiger charge is -2.13. The average Bonchev–Trinajstić information content (AvgIpc) is 2.78. The van der Waals surface area contributed by atoms with Crippen molar-refractivity contribution in [3.63, 3.8) is 0 Å². The van der Waals surface area contributed by atoms with Gasteiger partial charge in [0.15, 0.2) is 5.16 Å². The second-order valence-electron chi connectivity index (χ2n) is 7.33. The van der Waals surface area contributed by atoms with Gasteiger partial charge in [0.25, 0.3) is 0 Å². The molecule has 0 atom stereocenters. The van der Waals surface area contributed by atoms with E-state index < -0.39 is 29.4 Å². The van der Waals surface area contributed by atoms with Crippen LogP contribution in [0.15, 0.2) is 47.8 Å². The van der Waals surface area contributed by atoms with Gasteiger partial charge >= 0.3 is 18.3 Å². The van der Waals surface area contributed by atoms with Crippen LogP contribution in [0.1, 0.15) is 32.6 Å². The maximum Gasteiger partial charge on any atom is 0.416 e. The van der Waals surface area contributed by atoms with E-state index in [0.29, 0.717) is 34.1 Å². The van der Waals surface area contributed by atoms with Gasteiger partial charge < -0.3 is 10.4 Å². The minimum atomic E-state index is -4.79. The van der Waals surface area contributed by atoms with Crippen LogP contribution in [0.4, 0.5) is 30.7 Å². The molecule has 0 aliphatic heterocycles. The number of nitrogens with zero attached hydrogens (tertiary/aromatic N) is 2. The zero-order valence-corrected chi connectivity index (χ0v) is 19.9. The summed E-state index contributed by atoms with van der Waals surface area (Å²) < 4.78 is 87.4. The molecule has 3 aromatic rings. The Balaban J connectivity index is 0.000000255. The van der Waals surface area contributed by atoms with Crippen molar-refractivity contribution in [1.29, 1.82) is 0 Å². The monoisotopic (exact) mass is 535 g/mol. The minimum Gasteiger partial charge on any atom is -0.478 e. The lowest BCUT2D eigenvalue weighted by atomic mass is 10.0. The number of aromatic nitrogens is 2. The molecule has 2 N–H and O–H groups in total. The highest BCUT2D eigenvalue weighted by Crippen LogP contribution is 2.36. The van der Waals surface area contributed by atoms with E-state index in [2.05, 4.69) is 15.3 Å². The van der Waals surface area contributed by atoms with Crippen LogP contribution in [0.2, 0.25) is 0 Å². The van der Waals surface area contributed by atoms with Gasteiger partial charge in [0.05, 0.1) is 16.8 Å². The number of aromatic carboxylic acids is 1. The van der Waals surface area contributed by atoms with E-state index in [0.717, 1.165) is 0 Å². The fraction of sp³-hybridized carbons (Fsp3) is 0.261. The quantitative estimate of drug-likeness (QED) is 0.222. The third kappa shape index (κ3) is 7.65. The number of carboxylic acid groups (broad SMARTS) is 1. The van der Waals surface area contributed by atoms with E-state index in [9.17, 15) is 40.6 Å². The predicted molar refractivity (Wildman–Crippen MR) is 120 cm³/mol. The molecule has 1 aromatic heterocycles. The first-order chi connectivity index (χ1) is 16.7. The molecule has 3 rings (SSSR count). The Hall–Kier alpha value is -3.19. The van der Waals surface area contributed by atoms with E-state index >= 15 is 0 Å². The van der Waals surface area contributed by atoms with Crippen molar-refractivity contribution in [2.24, 2.45) is 0 Å². The zero-order chi connectivity index (χ0) is 27.3. The highest BCUT2D eigenvalue weighted by molar-refractivity contribution is 7.98. The van der Waals surface area contributed by atoms with Gasteiger partial charge in [-0.15, -0.1) is 0 Å². The SMILES string of the molecule is CNCc1cc(C(F)(F)F)cc(C(F)(F)F)c1.CSc1ncc(C(=O)O)c(-c2ccc(F)cc2C)n1. The van der Waals surface area contributed by atoms with Crippen molar-refractivity contribution in [2.45, 2.75) is 31.0 Å². The normalized spacial score (nSPS) is 11.6. The van der Waals surface area contributed by atoms with E-state index in [1.165, 1.54) is 43.2 Å². The average molecular weight is 535 g/mol. The number of hydrogen-bond donors (Lipinski definition) is 2. The summed E-state index contributed by atoms with van der Waals surface area (Å²) >= 11 is 1.32. The predicted octanol–water partition coefficient (Wildman–Crippen LogP) is 6.45. The summed E-state index contributed by atoms with van der Waals surface area (Å²) in [4.78, 5) is 19.4. The van der Waals surface area contributed by atoms with Gasteiger partial charge in [-0.2, -0.15) is 26.3 Å².